The lowest BCUT2D eigenvalue weighted by Gasteiger charge is -2.20. The van der Waals surface area contributed by atoms with E-state index in [9.17, 15) is 0 Å². The van der Waals surface area contributed by atoms with E-state index in [1.807, 2.05) is 35.5 Å². The lowest BCUT2D eigenvalue weighted by Crippen LogP contribution is -2.11. The first-order chi connectivity index (χ1) is 11.2. The first-order valence-corrected chi connectivity index (χ1v) is 8.63. The van der Waals surface area contributed by atoms with Gasteiger partial charge in [0, 0.05) is 40.9 Å². The average Bonchev–Trinajstić information content (AvgIpc) is 2.89. The molecule has 1 aliphatic heterocycles. The van der Waals surface area contributed by atoms with Gasteiger partial charge in [-0.3, -0.25) is 0 Å². The summed E-state index contributed by atoms with van der Waals surface area (Å²) in [5.74, 6) is 1.82. The molecule has 0 bridgehead atoms. The van der Waals surface area contributed by atoms with Crippen LogP contribution in [0.25, 0.3) is 16.6 Å². The van der Waals surface area contributed by atoms with Crippen molar-refractivity contribution < 1.29 is 4.74 Å². The zero-order chi connectivity index (χ0) is 16.0. The zero-order valence-electron chi connectivity index (χ0n) is 12.8. The normalized spacial score (nSPS) is 13.7. The van der Waals surface area contributed by atoms with E-state index in [4.69, 9.17) is 16.3 Å². The Morgan fingerprint density at radius 2 is 2.22 bits per heavy atom. The van der Waals surface area contributed by atoms with Crippen LogP contribution in [0, 0.1) is 6.92 Å². The number of hydrogen-bond donors (Lipinski definition) is 1. The third-order valence-corrected chi connectivity index (χ3v) is 5.16. The molecule has 1 aliphatic rings. The van der Waals surface area contributed by atoms with Crippen LogP contribution in [0.5, 0.6) is 5.75 Å². The van der Waals surface area contributed by atoms with Gasteiger partial charge in [-0.05, 0) is 13.0 Å². The highest BCUT2D eigenvalue weighted by Gasteiger charge is 2.18. The average molecular weight is 347 g/mol. The highest BCUT2D eigenvalue weighted by molar-refractivity contribution is 7.99. The molecule has 0 saturated heterocycles. The molecule has 1 aromatic carbocycles. The number of nitrogens with one attached hydrogen (secondary N) is 1. The monoisotopic (exact) mass is 346 g/mol. The molecule has 0 spiro atoms. The van der Waals surface area contributed by atoms with Crippen molar-refractivity contribution in [1.82, 2.24) is 14.8 Å². The van der Waals surface area contributed by atoms with Crippen LogP contribution in [-0.2, 0) is 0 Å². The van der Waals surface area contributed by atoms with E-state index in [0.29, 0.717) is 5.15 Å². The van der Waals surface area contributed by atoms with Gasteiger partial charge in [-0.1, -0.05) is 11.6 Å². The van der Waals surface area contributed by atoms with Crippen molar-refractivity contribution in [1.29, 1.82) is 0 Å². The van der Waals surface area contributed by atoms with Crippen LogP contribution in [0.2, 0.25) is 5.15 Å². The van der Waals surface area contributed by atoms with Gasteiger partial charge in [-0.15, -0.1) is 11.8 Å². The Bertz CT molecular complexity index is 909. The summed E-state index contributed by atoms with van der Waals surface area (Å²) in [7, 11) is 1.67. The second-order valence-corrected chi connectivity index (χ2v) is 6.84. The third-order valence-electron chi connectivity index (χ3n) is 3.90. The Morgan fingerprint density at radius 1 is 1.35 bits per heavy atom. The molecule has 7 heteroatoms. The summed E-state index contributed by atoms with van der Waals surface area (Å²) < 4.78 is 7.48. The number of benzene rings is 1. The number of aryl methyl sites for hydroxylation is 1. The van der Waals surface area contributed by atoms with Crippen LogP contribution in [0.4, 0.5) is 5.69 Å². The standard InChI is InChI=1S/C16H15ClN4OS/c1-9-10-8-19-16(17)7-12(10)21(20-9)13-6-15-11(5-14(13)22-2)18-3-4-23-15/h5-8,18H,3-4H2,1-2H3. The van der Waals surface area contributed by atoms with E-state index in [0.717, 1.165) is 46.0 Å². The summed E-state index contributed by atoms with van der Waals surface area (Å²) in [5.41, 5.74) is 3.85. The molecular weight excluding hydrogens is 332 g/mol. The minimum atomic E-state index is 0.451. The van der Waals surface area contributed by atoms with Crippen molar-refractivity contribution in [2.75, 3.05) is 24.7 Å². The number of pyridine rings is 1. The summed E-state index contributed by atoms with van der Waals surface area (Å²) >= 11 is 7.91. The van der Waals surface area contributed by atoms with Crippen LogP contribution < -0.4 is 10.1 Å². The van der Waals surface area contributed by atoms with E-state index < -0.39 is 0 Å². The van der Waals surface area contributed by atoms with E-state index in [2.05, 4.69) is 21.5 Å². The van der Waals surface area contributed by atoms with Crippen molar-refractivity contribution in [3.05, 3.63) is 35.2 Å². The molecule has 0 unspecified atom stereocenters. The molecule has 0 saturated carbocycles. The van der Waals surface area contributed by atoms with Gasteiger partial charge in [0.1, 0.15) is 16.6 Å². The Balaban J connectivity index is 1.98. The molecule has 1 N–H and O–H groups in total. The maximum absolute atomic E-state index is 6.08. The van der Waals surface area contributed by atoms with Gasteiger partial charge < -0.3 is 10.1 Å². The van der Waals surface area contributed by atoms with Crippen LogP contribution in [-0.4, -0.2) is 34.2 Å². The fourth-order valence-electron chi connectivity index (χ4n) is 2.80. The molecule has 0 aliphatic carbocycles. The van der Waals surface area contributed by atoms with E-state index >= 15 is 0 Å². The number of nitrogens with zero attached hydrogens (tertiary/aromatic N) is 3. The predicted molar refractivity (Wildman–Crippen MR) is 94.4 cm³/mol. The highest BCUT2D eigenvalue weighted by Crippen LogP contribution is 2.39. The Hall–Kier alpha value is -1.92. The predicted octanol–water partition coefficient (Wildman–Crippen LogP) is 3.91. The summed E-state index contributed by atoms with van der Waals surface area (Å²) in [6, 6.07) is 5.98. The number of thioether (sulfide) groups is 1. The van der Waals surface area contributed by atoms with Crippen LogP contribution in [0.3, 0.4) is 0 Å². The lowest BCUT2D eigenvalue weighted by molar-refractivity contribution is 0.412. The van der Waals surface area contributed by atoms with Gasteiger partial charge in [0.25, 0.3) is 0 Å². The maximum Gasteiger partial charge on any atom is 0.146 e. The molecule has 0 radical (unpaired) electrons. The molecule has 0 atom stereocenters. The first-order valence-electron chi connectivity index (χ1n) is 7.27. The number of fused-ring (bicyclic) bond motifs is 2. The van der Waals surface area contributed by atoms with Gasteiger partial charge in [0.2, 0.25) is 0 Å². The van der Waals surface area contributed by atoms with E-state index in [1.54, 1.807) is 13.3 Å². The smallest absolute Gasteiger partial charge is 0.146 e. The molecule has 4 rings (SSSR count). The Morgan fingerprint density at radius 3 is 3.04 bits per heavy atom. The van der Waals surface area contributed by atoms with Crippen molar-refractivity contribution in [3.63, 3.8) is 0 Å². The molecule has 118 valence electrons. The quantitative estimate of drug-likeness (QED) is 0.713. The largest absolute Gasteiger partial charge is 0.494 e. The molecule has 5 nitrogen and oxygen atoms in total. The topological polar surface area (TPSA) is 52.0 Å². The molecule has 0 amide bonds. The number of halogens is 1. The second kappa shape index (κ2) is 5.62. The Labute approximate surface area is 143 Å². The van der Waals surface area contributed by atoms with Gasteiger partial charge >= 0.3 is 0 Å². The SMILES string of the molecule is COc1cc2c(cc1-n1nc(C)c3cnc(Cl)cc31)SCCN2. The molecule has 3 aromatic rings. The minimum Gasteiger partial charge on any atom is -0.494 e. The zero-order valence-corrected chi connectivity index (χ0v) is 14.3. The number of hydrogen-bond acceptors (Lipinski definition) is 5. The molecule has 0 fully saturated rings. The molecule has 2 aromatic heterocycles. The molecule has 23 heavy (non-hydrogen) atoms. The lowest BCUT2D eigenvalue weighted by atomic mass is 10.2. The highest BCUT2D eigenvalue weighted by atomic mass is 35.5. The van der Waals surface area contributed by atoms with Gasteiger partial charge in [-0.25, -0.2) is 9.67 Å². The second-order valence-electron chi connectivity index (χ2n) is 5.32. The number of anilines is 1. The fraction of sp³-hybridized carbons (Fsp3) is 0.250. The summed E-state index contributed by atoms with van der Waals surface area (Å²) in [4.78, 5) is 5.36. The Kier molecular flexibility index (Phi) is 3.58. The summed E-state index contributed by atoms with van der Waals surface area (Å²) in [5, 5.41) is 9.51. The van der Waals surface area contributed by atoms with Gasteiger partial charge in [-0.2, -0.15) is 5.10 Å². The van der Waals surface area contributed by atoms with E-state index in [1.165, 1.54) is 4.90 Å². The molecular formula is C16H15ClN4OS. The third kappa shape index (κ3) is 2.42. The van der Waals surface area contributed by atoms with Crippen molar-refractivity contribution in [2.45, 2.75) is 11.8 Å². The van der Waals surface area contributed by atoms with Crippen molar-refractivity contribution >= 4 is 40.0 Å². The van der Waals surface area contributed by atoms with E-state index in [-0.39, 0.29) is 0 Å². The van der Waals surface area contributed by atoms with Gasteiger partial charge in [0.15, 0.2) is 0 Å². The minimum absolute atomic E-state index is 0.451. The maximum atomic E-state index is 6.08. The number of ether oxygens (including phenoxy) is 1. The summed E-state index contributed by atoms with van der Waals surface area (Å²) in [6.07, 6.45) is 1.76. The molecule has 3 heterocycles. The fourth-order valence-corrected chi connectivity index (χ4v) is 3.86. The number of aromatic nitrogens is 3. The van der Waals surface area contributed by atoms with Gasteiger partial charge in [0.05, 0.1) is 24.0 Å². The van der Waals surface area contributed by atoms with Crippen LogP contribution >= 0.6 is 23.4 Å². The van der Waals surface area contributed by atoms with Crippen molar-refractivity contribution in [3.8, 4) is 11.4 Å². The number of methoxy groups -OCH3 is 1. The number of rotatable bonds is 2. The first kappa shape index (κ1) is 14.7. The van der Waals surface area contributed by atoms with Crippen LogP contribution in [0.1, 0.15) is 5.69 Å². The van der Waals surface area contributed by atoms with Crippen LogP contribution in [0.15, 0.2) is 29.3 Å². The van der Waals surface area contributed by atoms with Crippen molar-refractivity contribution in [2.24, 2.45) is 0 Å². The summed E-state index contributed by atoms with van der Waals surface area (Å²) in [6.45, 7) is 2.93.